The predicted octanol–water partition coefficient (Wildman–Crippen LogP) is 4.71. The molecule has 1 saturated heterocycles. The van der Waals surface area contributed by atoms with Gasteiger partial charge in [0.25, 0.3) is 0 Å². The third-order valence-corrected chi connectivity index (χ3v) is 6.32. The van der Waals surface area contributed by atoms with Gasteiger partial charge in [-0.15, -0.1) is 0 Å². The van der Waals surface area contributed by atoms with Crippen molar-refractivity contribution in [2.45, 2.75) is 19.3 Å². The number of aromatic amines is 1. The van der Waals surface area contributed by atoms with E-state index in [1.165, 1.54) is 0 Å². The van der Waals surface area contributed by atoms with E-state index in [1.807, 2.05) is 35.2 Å². The molecule has 9 heteroatoms. The van der Waals surface area contributed by atoms with Crippen LogP contribution in [0.4, 0.5) is 10.2 Å². The number of anilines is 1. The van der Waals surface area contributed by atoms with Crippen molar-refractivity contribution in [2.24, 2.45) is 5.92 Å². The lowest BCUT2D eigenvalue weighted by atomic mass is 9.97. The molecule has 2 N–H and O–H groups in total. The average Bonchev–Trinajstić information content (AvgIpc) is 3.27. The first kappa shape index (κ1) is 22.3. The lowest BCUT2D eigenvalue weighted by Crippen LogP contribution is -2.42. The highest BCUT2D eigenvalue weighted by molar-refractivity contribution is 6.31. The lowest BCUT2D eigenvalue weighted by Gasteiger charge is -2.33. The van der Waals surface area contributed by atoms with Crippen molar-refractivity contribution in [1.82, 2.24) is 24.8 Å². The Balaban J connectivity index is 1.26. The first-order valence-electron chi connectivity index (χ1n) is 11.3. The summed E-state index contributed by atoms with van der Waals surface area (Å²) in [5.41, 5.74) is 2.37. The summed E-state index contributed by atoms with van der Waals surface area (Å²) in [5, 5.41) is 4.40. The van der Waals surface area contributed by atoms with Gasteiger partial charge in [-0.3, -0.25) is 4.79 Å². The van der Waals surface area contributed by atoms with Crippen LogP contribution in [0.25, 0.3) is 22.4 Å². The summed E-state index contributed by atoms with van der Waals surface area (Å²) in [6.07, 6.45) is 6.75. The number of nitrogens with zero attached hydrogens (tertiary/aromatic N) is 4. The minimum absolute atomic E-state index is 0.123. The topological polar surface area (TPSA) is 86.8 Å². The van der Waals surface area contributed by atoms with Crippen LogP contribution in [0.1, 0.15) is 18.4 Å². The minimum atomic E-state index is -0.521. The zero-order valence-electron chi connectivity index (χ0n) is 18.5. The zero-order chi connectivity index (χ0) is 23.5. The number of nitrogens with one attached hydrogen (secondary N) is 2. The number of aromatic nitrogens is 4. The molecular weight excluding hydrogens is 455 g/mol. The summed E-state index contributed by atoms with van der Waals surface area (Å²) in [4.78, 5) is 30.6. The van der Waals surface area contributed by atoms with E-state index in [9.17, 15) is 9.18 Å². The van der Waals surface area contributed by atoms with E-state index in [1.54, 1.807) is 18.5 Å². The molecule has 0 bridgehead atoms. The smallest absolute Gasteiger partial charge is 0.226 e. The number of pyridine rings is 1. The number of benzene rings is 1. The molecular formula is C25H24ClFN6O. The van der Waals surface area contributed by atoms with Crippen molar-refractivity contribution < 1.29 is 9.18 Å². The van der Waals surface area contributed by atoms with E-state index in [0.29, 0.717) is 41.6 Å². The van der Waals surface area contributed by atoms with Crippen molar-refractivity contribution in [3.05, 3.63) is 71.4 Å². The Bertz CT molecular complexity index is 1310. The van der Waals surface area contributed by atoms with Crippen molar-refractivity contribution in [1.29, 1.82) is 0 Å². The fourth-order valence-corrected chi connectivity index (χ4v) is 4.52. The summed E-state index contributed by atoms with van der Waals surface area (Å²) in [6.45, 7) is 1.92. The second-order valence-corrected chi connectivity index (χ2v) is 8.97. The van der Waals surface area contributed by atoms with E-state index in [0.717, 1.165) is 36.5 Å². The number of hydrogen-bond donors (Lipinski definition) is 2. The number of hydrogen-bond acceptors (Lipinski definition) is 5. The van der Waals surface area contributed by atoms with Crippen molar-refractivity contribution >= 4 is 34.4 Å². The van der Waals surface area contributed by atoms with Gasteiger partial charge in [0.2, 0.25) is 5.91 Å². The van der Waals surface area contributed by atoms with Crippen LogP contribution in [-0.4, -0.2) is 50.4 Å². The van der Waals surface area contributed by atoms with Gasteiger partial charge in [0.15, 0.2) is 17.5 Å². The maximum Gasteiger partial charge on any atom is 0.226 e. The van der Waals surface area contributed by atoms with Gasteiger partial charge < -0.3 is 15.2 Å². The van der Waals surface area contributed by atoms with E-state index in [2.05, 4.69) is 25.3 Å². The molecule has 0 radical (unpaired) electrons. The number of likely N-dealkylation sites (tertiary alicyclic amines) is 1. The number of carbonyl (C=O) groups is 1. The third kappa shape index (κ3) is 4.87. The van der Waals surface area contributed by atoms with Gasteiger partial charge in [-0.25, -0.2) is 19.3 Å². The highest BCUT2D eigenvalue weighted by atomic mass is 35.5. The van der Waals surface area contributed by atoms with Crippen molar-refractivity contribution in [3.63, 3.8) is 0 Å². The Morgan fingerprint density at radius 1 is 1.24 bits per heavy atom. The Hall–Kier alpha value is -3.52. The minimum Gasteiger partial charge on any atom is -0.367 e. The van der Waals surface area contributed by atoms with Crippen LogP contribution < -0.4 is 5.32 Å². The van der Waals surface area contributed by atoms with Gasteiger partial charge >= 0.3 is 0 Å². The lowest BCUT2D eigenvalue weighted by molar-refractivity contribution is -0.132. The molecule has 7 nitrogen and oxygen atoms in total. The van der Waals surface area contributed by atoms with Crippen LogP contribution in [0.5, 0.6) is 0 Å². The highest BCUT2D eigenvalue weighted by Gasteiger charge is 2.24. The molecule has 3 aromatic heterocycles. The summed E-state index contributed by atoms with van der Waals surface area (Å²) < 4.78 is 14.5. The first-order chi connectivity index (χ1) is 16.6. The van der Waals surface area contributed by atoms with Gasteiger partial charge in [-0.05, 0) is 30.4 Å². The maximum absolute atomic E-state index is 14.5. The molecule has 174 valence electrons. The fourth-order valence-electron chi connectivity index (χ4n) is 4.37. The molecule has 0 aliphatic carbocycles. The van der Waals surface area contributed by atoms with Crippen LogP contribution in [0.15, 0.2) is 55.0 Å². The molecule has 0 unspecified atom stereocenters. The highest BCUT2D eigenvalue weighted by Crippen LogP contribution is 2.28. The Kier molecular flexibility index (Phi) is 6.40. The number of halogens is 2. The number of piperidine rings is 1. The van der Waals surface area contributed by atoms with Crippen molar-refractivity contribution in [3.8, 4) is 11.4 Å². The van der Waals surface area contributed by atoms with Crippen LogP contribution in [0, 0.1) is 11.7 Å². The van der Waals surface area contributed by atoms with Crippen LogP contribution in [0.3, 0.4) is 0 Å². The quantitative estimate of drug-likeness (QED) is 0.419. The van der Waals surface area contributed by atoms with E-state index >= 15 is 0 Å². The van der Waals surface area contributed by atoms with Gasteiger partial charge in [0, 0.05) is 43.0 Å². The zero-order valence-corrected chi connectivity index (χ0v) is 19.2. The molecule has 1 aromatic carbocycles. The standard InChI is InChI=1S/C25H24ClFN6O/c26-18-10-19-20(13-30-23(19)29-12-18)24-31-14-21(27)25(32-24)28-11-17-7-4-8-33(15-17)22(34)9-16-5-2-1-3-6-16/h1-3,5-6,10,12-14,17H,4,7-9,11,15H2,(H,29,30)(H,28,31,32)/t17-/m1/s1. The Labute approximate surface area is 201 Å². The fraction of sp³-hybridized carbons (Fsp3) is 0.280. The van der Waals surface area contributed by atoms with E-state index in [-0.39, 0.29) is 17.6 Å². The van der Waals surface area contributed by atoms with Gasteiger partial charge in [0.05, 0.1) is 17.6 Å². The summed E-state index contributed by atoms with van der Waals surface area (Å²) >= 11 is 6.09. The maximum atomic E-state index is 14.5. The van der Waals surface area contributed by atoms with Crippen LogP contribution >= 0.6 is 11.6 Å². The molecule has 4 heterocycles. The Morgan fingerprint density at radius 2 is 2.09 bits per heavy atom. The largest absolute Gasteiger partial charge is 0.367 e. The second-order valence-electron chi connectivity index (χ2n) is 8.53. The molecule has 1 aliphatic rings. The molecule has 1 atom stereocenters. The first-order valence-corrected chi connectivity index (χ1v) is 11.7. The predicted molar refractivity (Wildman–Crippen MR) is 130 cm³/mol. The SMILES string of the molecule is O=C(Cc1ccccc1)N1CCC[C@H](CNc2nc(-c3c[nH]c4ncc(Cl)cc34)ncc2F)C1. The molecule has 34 heavy (non-hydrogen) atoms. The molecule has 1 fully saturated rings. The van der Waals surface area contributed by atoms with E-state index in [4.69, 9.17) is 11.6 Å². The van der Waals surface area contributed by atoms with Crippen LogP contribution in [0.2, 0.25) is 5.02 Å². The number of fused-ring (bicyclic) bond motifs is 1. The van der Waals surface area contributed by atoms with Gasteiger partial charge in [0.1, 0.15) is 5.65 Å². The number of amides is 1. The van der Waals surface area contributed by atoms with Crippen LogP contribution in [-0.2, 0) is 11.2 Å². The number of carbonyl (C=O) groups excluding carboxylic acids is 1. The third-order valence-electron chi connectivity index (χ3n) is 6.11. The second kappa shape index (κ2) is 9.77. The summed E-state index contributed by atoms with van der Waals surface area (Å²) in [7, 11) is 0. The normalized spacial score (nSPS) is 16.1. The molecule has 1 aliphatic heterocycles. The summed E-state index contributed by atoms with van der Waals surface area (Å²) in [6, 6.07) is 11.5. The molecule has 0 spiro atoms. The Morgan fingerprint density at radius 3 is 2.94 bits per heavy atom. The van der Waals surface area contributed by atoms with E-state index < -0.39 is 5.82 Å². The molecule has 4 aromatic rings. The summed E-state index contributed by atoms with van der Waals surface area (Å²) in [5.74, 6) is 0.331. The number of rotatable bonds is 6. The number of H-pyrrole nitrogens is 1. The molecule has 5 rings (SSSR count). The van der Waals surface area contributed by atoms with Gasteiger partial charge in [-0.2, -0.15) is 0 Å². The molecule has 0 saturated carbocycles. The molecule has 1 amide bonds. The monoisotopic (exact) mass is 478 g/mol. The van der Waals surface area contributed by atoms with Gasteiger partial charge in [-0.1, -0.05) is 41.9 Å². The average molecular weight is 479 g/mol. The van der Waals surface area contributed by atoms with Crippen molar-refractivity contribution in [2.75, 3.05) is 25.0 Å².